The lowest BCUT2D eigenvalue weighted by atomic mass is 10.0. The Labute approximate surface area is 111 Å². The highest BCUT2D eigenvalue weighted by molar-refractivity contribution is 9.10. The Morgan fingerprint density at radius 2 is 2.28 bits per heavy atom. The van der Waals surface area contributed by atoms with Gasteiger partial charge in [0.2, 0.25) is 0 Å². The van der Waals surface area contributed by atoms with Crippen molar-refractivity contribution in [1.82, 2.24) is 4.98 Å². The topological polar surface area (TPSA) is 42.1 Å². The van der Waals surface area contributed by atoms with Crippen LogP contribution in [-0.2, 0) is 17.8 Å². The first-order chi connectivity index (χ1) is 8.59. The number of aryl methyl sites for hydroxylation is 1. The van der Waals surface area contributed by atoms with Crippen LogP contribution in [0.1, 0.15) is 16.8 Å². The second-order valence-corrected chi connectivity index (χ2v) is 5.25. The van der Waals surface area contributed by atoms with Gasteiger partial charge in [-0.2, -0.15) is 0 Å². The van der Waals surface area contributed by atoms with Crippen LogP contribution in [0.3, 0.4) is 0 Å². The second-order valence-electron chi connectivity index (χ2n) is 4.45. The summed E-state index contributed by atoms with van der Waals surface area (Å²) in [5.41, 5.74) is 2.80. The summed E-state index contributed by atoms with van der Waals surface area (Å²) in [6.07, 6.45) is 0.689. The highest BCUT2D eigenvalue weighted by Crippen LogP contribution is 2.28. The third-order valence-corrected chi connectivity index (χ3v) is 4.08. The maximum Gasteiger partial charge on any atom is 0.196 e. The van der Waals surface area contributed by atoms with Gasteiger partial charge >= 0.3 is 0 Å². The summed E-state index contributed by atoms with van der Waals surface area (Å²) in [4.78, 5) is 15.6. The predicted molar refractivity (Wildman–Crippen MR) is 70.3 cm³/mol. The Kier molecular flexibility index (Phi) is 2.75. The van der Waals surface area contributed by atoms with Crippen LogP contribution in [0.5, 0.6) is 0 Å². The average molecular weight is 312 g/mol. The summed E-state index contributed by atoms with van der Waals surface area (Å²) in [7, 11) is 0. The number of hydrogen-bond donors (Lipinski definition) is 1. The number of nitrogens with one attached hydrogen (secondary N) is 1. The SMILES string of the molecule is Cc1cc(F)c(Br)c2c(=O)c3c([nH]c12)CCOC3. The van der Waals surface area contributed by atoms with E-state index < -0.39 is 5.82 Å². The van der Waals surface area contributed by atoms with Gasteiger partial charge in [0, 0.05) is 17.7 Å². The monoisotopic (exact) mass is 311 g/mol. The van der Waals surface area contributed by atoms with Crippen molar-refractivity contribution in [2.75, 3.05) is 6.61 Å². The maximum atomic E-state index is 13.7. The fourth-order valence-electron chi connectivity index (χ4n) is 2.36. The van der Waals surface area contributed by atoms with Crippen molar-refractivity contribution in [3.05, 3.63) is 43.4 Å². The molecular weight excluding hydrogens is 301 g/mol. The van der Waals surface area contributed by atoms with Gasteiger partial charge in [0.15, 0.2) is 5.43 Å². The Morgan fingerprint density at radius 1 is 1.50 bits per heavy atom. The molecule has 1 aliphatic heterocycles. The van der Waals surface area contributed by atoms with E-state index in [1.807, 2.05) is 0 Å². The van der Waals surface area contributed by atoms with E-state index in [-0.39, 0.29) is 9.90 Å². The van der Waals surface area contributed by atoms with E-state index in [0.717, 1.165) is 11.3 Å². The predicted octanol–water partition coefficient (Wildman–Crippen LogP) is 2.81. The molecule has 2 heterocycles. The zero-order chi connectivity index (χ0) is 12.9. The molecule has 0 saturated heterocycles. The van der Waals surface area contributed by atoms with E-state index in [1.165, 1.54) is 6.07 Å². The molecule has 3 nitrogen and oxygen atoms in total. The third-order valence-electron chi connectivity index (χ3n) is 3.30. The molecule has 94 valence electrons. The van der Waals surface area contributed by atoms with Crippen molar-refractivity contribution in [1.29, 1.82) is 0 Å². The van der Waals surface area contributed by atoms with E-state index in [1.54, 1.807) is 6.92 Å². The smallest absolute Gasteiger partial charge is 0.196 e. The number of aromatic amines is 1. The molecule has 0 aliphatic carbocycles. The first kappa shape index (κ1) is 11.9. The molecule has 0 radical (unpaired) electrons. The summed E-state index contributed by atoms with van der Waals surface area (Å²) in [6, 6.07) is 1.42. The van der Waals surface area contributed by atoms with Gasteiger partial charge in [-0.1, -0.05) is 0 Å². The number of hydrogen-bond acceptors (Lipinski definition) is 2. The summed E-state index contributed by atoms with van der Waals surface area (Å²) in [5, 5.41) is 0.372. The van der Waals surface area contributed by atoms with Crippen molar-refractivity contribution in [3.8, 4) is 0 Å². The zero-order valence-corrected chi connectivity index (χ0v) is 11.4. The standard InChI is InChI=1S/C13H11BrFNO2/c1-6-4-8(15)11(14)10-12(6)16-9-2-3-18-5-7(9)13(10)17/h4H,2-3,5H2,1H3,(H,16,17). The average Bonchev–Trinajstić information content (AvgIpc) is 2.36. The Balaban J connectivity index is 2.50. The van der Waals surface area contributed by atoms with Crippen LogP contribution in [0, 0.1) is 12.7 Å². The first-order valence-electron chi connectivity index (χ1n) is 5.69. The van der Waals surface area contributed by atoms with Crippen LogP contribution in [0.2, 0.25) is 0 Å². The number of H-pyrrole nitrogens is 1. The summed E-state index contributed by atoms with van der Waals surface area (Å²) < 4.78 is 19.2. The van der Waals surface area contributed by atoms with Gasteiger partial charge in [-0.3, -0.25) is 4.79 Å². The fourth-order valence-corrected chi connectivity index (χ4v) is 2.85. The van der Waals surface area contributed by atoms with Crippen molar-refractivity contribution in [2.45, 2.75) is 20.0 Å². The van der Waals surface area contributed by atoms with Crippen LogP contribution in [0.4, 0.5) is 4.39 Å². The van der Waals surface area contributed by atoms with Crippen molar-refractivity contribution in [3.63, 3.8) is 0 Å². The van der Waals surface area contributed by atoms with E-state index in [2.05, 4.69) is 20.9 Å². The second kappa shape index (κ2) is 4.17. The number of rotatable bonds is 0. The Hall–Kier alpha value is -1.20. The van der Waals surface area contributed by atoms with Crippen LogP contribution in [0.25, 0.3) is 10.9 Å². The Bertz CT molecular complexity index is 708. The van der Waals surface area contributed by atoms with E-state index in [9.17, 15) is 9.18 Å². The van der Waals surface area contributed by atoms with Gasteiger partial charge in [0.1, 0.15) is 5.82 Å². The quantitative estimate of drug-likeness (QED) is 0.813. The molecule has 0 amide bonds. The first-order valence-corrected chi connectivity index (χ1v) is 6.49. The molecule has 0 unspecified atom stereocenters. The maximum absolute atomic E-state index is 13.7. The molecule has 1 N–H and O–H groups in total. The highest BCUT2D eigenvalue weighted by Gasteiger charge is 2.19. The molecule has 1 aliphatic rings. The van der Waals surface area contributed by atoms with E-state index in [0.29, 0.717) is 36.1 Å². The van der Waals surface area contributed by atoms with Crippen LogP contribution >= 0.6 is 15.9 Å². The fraction of sp³-hybridized carbons (Fsp3) is 0.308. The van der Waals surface area contributed by atoms with E-state index >= 15 is 0 Å². The molecule has 3 rings (SSSR count). The molecule has 0 atom stereocenters. The molecule has 0 fully saturated rings. The lowest BCUT2D eigenvalue weighted by Crippen LogP contribution is -2.22. The Morgan fingerprint density at radius 3 is 3.06 bits per heavy atom. The molecule has 2 aromatic rings. The van der Waals surface area contributed by atoms with Crippen molar-refractivity contribution in [2.24, 2.45) is 0 Å². The van der Waals surface area contributed by atoms with Crippen molar-refractivity contribution >= 4 is 26.8 Å². The number of fused-ring (bicyclic) bond motifs is 2. The van der Waals surface area contributed by atoms with Gasteiger partial charge in [0.05, 0.1) is 28.6 Å². The number of halogens is 2. The van der Waals surface area contributed by atoms with E-state index in [4.69, 9.17) is 4.74 Å². The minimum absolute atomic E-state index is 0.145. The summed E-state index contributed by atoms with van der Waals surface area (Å²) in [5.74, 6) is -0.415. The molecule has 0 spiro atoms. The number of pyridine rings is 1. The molecule has 18 heavy (non-hydrogen) atoms. The van der Waals surface area contributed by atoms with Gasteiger partial charge in [-0.25, -0.2) is 4.39 Å². The molecule has 1 aromatic heterocycles. The molecule has 1 aromatic carbocycles. The van der Waals surface area contributed by atoms with Gasteiger partial charge < -0.3 is 9.72 Å². The lowest BCUT2D eigenvalue weighted by molar-refractivity contribution is 0.108. The highest BCUT2D eigenvalue weighted by atomic mass is 79.9. The van der Waals surface area contributed by atoms with Crippen LogP contribution in [0.15, 0.2) is 15.3 Å². The molecule has 5 heteroatoms. The largest absolute Gasteiger partial charge is 0.376 e. The van der Waals surface area contributed by atoms with Crippen LogP contribution < -0.4 is 5.43 Å². The molecule has 0 bridgehead atoms. The normalized spacial score (nSPS) is 14.8. The van der Waals surface area contributed by atoms with Gasteiger partial charge in [0.25, 0.3) is 0 Å². The summed E-state index contributed by atoms with van der Waals surface area (Å²) in [6.45, 7) is 2.69. The molecular formula is C13H11BrFNO2. The van der Waals surface area contributed by atoms with Gasteiger partial charge in [-0.15, -0.1) is 0 Å². The molecule has 0 saturated carbocycles. The summed E-state index contributed by atoms with van der Waals surface area (Å²) >= 11 is 3.16. The van der Waals surface area contributed by atoms with Crippen LogP contribution in [-0.4, -0.2) is 11.6 Å². The lowest BCUT2D eigenvalue weighted by Gasteiger charge is -2.18. The third kappa shape index (κ3) is 1.61. The van der Waals surface area contributed by atoms with Gasteiger partial charge in [-0.05, 0) is 34.5 Å². The zero-order valence-electron chi connectivity index (χ0n) is 9.77. The van der Waals surface area contributed by atoms with Crippen molar-refractivity contribution < 1.29 is 9.13 Å². The number of aromatic nitrogens is 1. The minimum atomic E-state index is -0.415. The number of ether oxygens (including phenoxy) is 1. The minimum Gasteiger partial charge on any atom is -0.376 e. The number of benzene rings is 1.